The first-order chi connectivity index (χ1) is 6.65. The predicted octanol–water partition coefficient (Wildman–Crippen LogP) is 1.76. The van der Waals surface area contributed by atoms with Crippen molar-refractivity contribution in [2.75, 3.05) is 7.11 Å². The van der Waals surface area contributed by atoms with E-state index in [-0.39, 0.29) is 6.42 Å². The molecule has 0 aliphatic rings. The molecule has 0 radical (unpaired) electrons. The van der Waals surface area contributed by atoms with Gasteiger partial charge in [-0.2, -0.15) is 0 Å². The molecule has 0 fully saturated rings. The highest BCUT2D eigenvalue weighted by atomic mass is 35.5. The number of ether oxygens (including phenoxy) is 1. The van der Waals surface area contributed by atoms with Crippen molar-refractivity contribution in [2.24, 2.45) is 0 Å². The summed E-state index contributed by atoms with van der Waals surface area (Å²) in [5.74, 6) is -0.293. The molecule has 1 aromatic rings. The molecule has 0 bridgehead atoms. The molecule has 1 heterocycles. The quantitative estimate of drug-likeness (QED) is 0.778. The summed E-state index contributed by atoms with van der Waals surface area (Å²) in [4.78, 5) is 14.2. The Morgan fingerprint density at radius 1 is 1.71 bits per heavy atom. The van der Waals surface area contributed by atoms with Gasteiger partial charge in [-0.1, -0.05) is 11.6 Å². The van der Waals surface area contributed by atoms with Gasteiger partial charge in [-0.15, -0.1) is 0 Å². The number of hydrogen-bond acceptors (Lipinski definition) is 3. The number of carboxylic acids is 1. The maximum atomic E-state index is 10.4. The van der Waals surface area contributed by atoms with Crippen LogP contribution >= 0.6 is 11.6 Å². The first-order valence-corrected chi connectivity index (χ1v) is 4.42. The van der Waals surface area contributed by atoms with Gasteiger partial charge in [0, 0.05) is 18.2 Å². The molecule has 76 valence electrons. The van der Waals surface area contributed by atoms with Crippen LogP contribution in [0.3, 0.4) is 0 Å². The number of aromatic nitrogens is 1. The monoisotopic (exact) mass is 215 g/mol. The number of halogens is 1. The van der Waals surface area contributed by atoms with Crippen LogP contribution in [0.1, 0.15) is 12.0 Å². The minimum absolute atomic E-state index is 0.0156. The Morgan fingerprint density at radius 3 is 3.00 bits per heavy atom. The van der Waals surface area contributed by atoms with Gasteiger partial charge in [0.15, 0.2) is 0 Å². The van der Waals surface area contributed by atoms with Crippen molar-refractivity contribution in [1.29, 1.82) is 0 Å². The number of pyridine rings is 1. The number of hydrogen-bond donors (Lipinski definition) is 1. The Hall–Kier alpha value is -1.29. The summed E-state index contributed by atoms with van der Waals surface area (Å²) in [5, 5.41) is 8.82. The van der Waals surface area contributed by atoms with E-state index in [1.165, 1.54) is 13.3 Å². The number of aliphatic carboxylic acids is 1. The summed E-state index contributed by atoms with van der Waals surface area (Å²) in [6.45, 7) is 0. The molecule has 0 aromatic carbocycles. The minimum Gasteiger partial charge on any atom is -0.496 e. The number of methoxy groups -OCH3 is 1. The number of carbonyl (C=O) groups is 1. The Balaban J connectivity index is 2.87. The van der Waals surface area contributed by atoms with Crippen LogP contribution in [0.5, 0.6) is 5.75 Å². The van der Waals surface area contributed by atoms with Gasteiger partial charge in [0.05, 0.1) is 7.11 Å². The van der Waals surface area contributed by atoms with E-state index in [2.05, 4.69) is 4.98 Å². The summed E-state index contributed by atoms with van der Waals surface area (Å²) >= 11 is 5.81. The maximum Gasteiger partial charge on any atom is 0.303 e. The molecule has 0 aliphatic carbocycles. The summed E-state index contributed by atoms with van der Waals surface area (Å²) in [6, 6.07) is 1.66. The lowest BCUT2D eigenvalue weighted by atomic mass is 10.1. The maximum absolute atomic E-state index is 10.4. The second-order valence-corrected chi connectivity index (χ2v) is 3.03. The standard InChI is InChI=1S/C9H10ClNO3/c1-14-7-4-5-11-9(10)6(7)2-3-8(12)13/h4-5H,2-3H2,1H3,(H,12,13). The largest absolute Gasteiger partial charge is 0.496 e. The third-order valence-corrected chi connectivity index (χ3v) is 2.09. The highest BCUT2D eigenvalue weighted by Gasteiger charge is 2.10. The van der Waals surface area contributed by atoms with Gasteiger partial charge in [-0.05, 0) is 12.5 Å². The lowest BCUT2D eigenvalue weighted by molar-refractivity contribution is -0.136. The van der Waals surface area contributed by atoms with Gasteiger partial charge in [0.25, 0.3) is 0 Å². The normalized spacial score (nSPS) is 9.86. The van der Waals surface area contributed by atoms with Crippen molar-refractivity contribution in [3.63, 3.8) is 0 Å². The first kappa shape index (κ1) is 10.8. The highest BCUT2D eigenvalue weighted by molar-refractivity contribution is 6.30. The van der Waals surface area contributed by atoms with Gasteiger partial charge in [-0.3, -0.25) is 4.79 Å². The van der Waals surface area contributed by atoms with Gasteiger partial charge in [0.2, 0.25) is 0 Å². The molecular weight excluding hydrogens is 206 g/mol. The van der Waals surface area contributed by atoms with Crippen molar-refractivity contribution in [1.82, 2.24) is 4.98 Å². The van der Waals surface area contributed by atoms with E-state index in [0.29, 0.717) is 22.9 Å². The lowest BCUT2D eigenvalue weighted by Crippen LogP contribution is -2.01. The third kappa shape index (κ3) is 2.60. The van der Waals surface area contributed by atoms with Crippen molar-refractivity contribution in [3.8, 4) is 5.75 Å². The molecular formula is C9H10ClNO3. The topological polar surface area (TPSA) is 59.4 Å². The van der Waals surface area contributed by atoms with Crippen molar-refractivity contribution >= 4 is 17.6 Å². The molecule has 5 heteroatoms. The molecule has 1 aromatic heterocycles. The summed E-state index contributed by atoms with van der Waals surface area (Å²) in [7, 11) is 1.51. The second-order valence-electron chi connectivity index (χ2n) is 2.68. The van der Waals surface area contributed by atoms with E-state index in [1.807, 2.05) is 0 Å². The summed E-state index contributed by atoms with van der Waals surface area (Å²) in [5.41, 5.74) is 0.638. The molecule has 1 rings (SSSR count). The Kier molecular flexibility index (Phi) is 3.71. The molecule has 0 amide bonds. The van der Waals surface area contributed by atoms with Gasteiger partial charge in [-0.25, -0.2) is 4.98 Å². The Bertz CT molecular complexity index is 341. The molecule has 14 heavy (non-hydrogen) atoms. The fraction of sp³-hybridized carbons (Fsp3) is 0.333. The molecule has 0 unspecified atom stereocenters. The van der Waals surface area contributed by atoms with Crippen LogP contribution in [0.25, 0.3) is 0 Å². The van der Waals surface area contributed by atoms with Crippen LogP contribution in [0.4, 0.5) is 0 Å². The van der Waals surface area contributed by atoms with Gasteiger partial charge >= 0.3 is 5.97 Å². The SMILES string of the molecule is COc1ccnc(Cl)c1CCC(=O)O. The number of rotatable bonds is 4. The summed E-state index contributed by atoms with van der Waals surface area (Å²) < 4.78 is 5.04. The smallest absolute Gasteiger partial charge is 0.303 e. The molecule has 0 saturated heterocycles. The average molecular weight is 216 g/mol. The van der Waals surface area contributed by atoms with Gasteiger partial charge < -0.3 is 9.84 Å². The number of nitrogens with zero attached hydrogens (tertiary/aromatic N) is 1. The second kappa shape index (κ2) is 4.81. The van der Waals surface area contributed by atoms with E-state index in [9.17, 15) is 4.79 Å². The molecule has 0 spiro atoms. The zero-order chi connectivity index (χ0) is 10.6. The van der Waals surface area contributed by atoms with Gasteiger partial charge in [0.1, 0.15) is 10.9 Å². The third-order valence-electron chi connectivity index (χ3n) is 1.77. The van der Waals surface area contributed by atoms with Crippen LogP contribution in [-0.2, 0) is 11.2 Å². The van der Waals surface area contributed by atoms with E-state index >= 15 is 0 Å². The van der Waals surface area contributed by atoms with Crippen LogP contribution < -0.4 is 4.74 Å². The number of carboxylic acid groups (broad SMARTS) is 1. The van der Waals surface area contributed by atoms with E-state index in [1.54, 1.807) is 6.07 Å². The van der Waals surface area contributed by atoms with Crippen LogP contribution in [0.15, 0.2) is 12.3 Å². The molecule has 4 nitrogen and oxygen atoms in total. The average Bonchev–Trinajstić information content (AvgIpc) is 2.15. The Morgan fingerprint density at radius 2 is 2.43 bits per heavy atom. The van der Waals surface area contributed by atoms with E-state index in [0.717, 1.165) is 0 Å². The molecule has 1 N–H and O–H groups in total. The van der Waals surface area contributed by atoms with Crippen LogP contribution in [0, 0.1) is 0 Å². The molecule has 0 saturated carbocycles. The lowest BCUT2D eigenvalue weighted by Gasteiger charge is -2.07. The molecule has 0 atom stereocenters. The zero-order valence-corrected chi connectivity index (χ0v) is 8.41. The van der Waals surface area contributed by atoms with E-state index < -0.39 is 5.97 Å². The Labute approximate surface area is 86.5 Å². The zero-order valence-electron chi connectivity index (χ0n) is 7.66. The fourth-order valence-corrected chi connectivity index (χ4v) is 1.34. The highest BCUT2D eigenvalue weighted by Crippen LogP contribution is 2.25. The van der Waals surface area contributed by atoms with Crippen molar-refractivity contribution in [2.45, 2.75) is 12.8 Å². The van der Waals surface area contributed by atoms with E-state index in [4.69, 9.17) is 21.4 Å². The first-order valence-electron chi connectivity index (χ1n) is 4.04. The van der Waals surface area contributed by atoms with Crippen molar-refractivity contribution in [3.05, 3.63) is 23.0 Å². The summed E-state index contributed by atoms with van der Waals surface area (Å²) in [6.07, 6.45) is 1.86. The van der Waals surface area contributed by atoms with Crippen molar-refractivity contribution < 1.29 is 14.6 Å². The predicted molar refractivity (Wildman–Crippen MR) is 51.8 cm³/mol. The molecule has 0 aliphatic heterocycles. The van der Waals surface area contributed by atoms with Crippen LogP contribution in [-0.4, -0.2) is 23.2 Å². The minimum atomic E-state index is -0.869. The van der Waals surface area contributed by atoms with Crippen LogP contribution in [0.2, 0.25) is 5.15 Å². The fourth-order valence-electron chi connectivity index (χ4n) is 1.10.